The predicted molar refractivity (Wildman–Crippen MR) is 125 cm³/mol. The molecule has 0 unspecified atom stereocenters. The summed E-state index contributed by atoms with van der Waals surface area (Å²) >= 11 is 5.95. The number of aliphatic imine (C=N–C) groups is 1. The number of nitrogens with one attached hydrogen (secondary N) is 1. The number of guanidine groups is 1. The van der Waals surface area contributed by atoms with Crippen molar-refractivity contribution in [3.63, 3.8) is 0 Å². The van der Waals surface area contributed by atoms with Gasteiger partial charge in [0, 0.05) is 50.8 Å². The standard InChI is InChI=1S/C20H23ClN6.HI/c1-15-23-10-11-27(15)19-9-6-17(12-24-19)13-25-20(22-2)26(3)14-16-4-7-18(21)8-5-16;/h4-12H,13-14H2,1-3H3,(H,22,25);1H. The second-order valence-corrected chi connectivity index (χ2v) is 6.69. The van der Waals surface area contributed by atoms with E-state index in [0.717, 1.165) is 34.7 Å². The minimum Gasteiger partial charge on any atom is -0.352 e. The normalized spacial score (nSPS) is 11.1. The first-order valence-electron chi connectivity index (χ1n) is 8.68. The van der Waals surface area contributed by atoms with Crippen LogP contribution in [0.25, 0.3) is 5.82 Å². The van der Waals surface area contributed by atoms with E-state index in [2.05, 4.69) is 31.2 Å². The number of pyridine rings is 1. The molecule has 0 aliphatic heterocycles. The summed E-state index contributed by atoms with van der Waals surface area (Å²) in [6.45, 7) is 3.35. The zero-order valence-electron chi connectivity index (χ0n) is 16.1. The molecule has 3 aromatic rings. The van der Waals surface area contributed by atoms with Gasteiger partial charge >= 0.3 is 0 Å². The first-order chi connectivity index (χ1) is 13.1. The zero-order chi connectivity index (χ0) is 19.2. The number of rotatable bonds is 5. The molecule has 0 amide bonds. The van der Waals surface area contributed by atoms with Crippen LogP contribution in [0.2, 0.25) is 5.02 Å². The molecule has 0 radical (unpaired) electrons. The van der Waals surface area contributed by atoms with Crippen molar-refractivity contribution in [2.75, 3.05) is 14.1 Å². The number of imidazole rings is 1. The summed E-state index contributed by atoms with van der Waals surface area (Å²) in [4.78, 5) is 15.2. The molecule has 0 bridgehead atoms. The van der Waals surface area contributed by atoms with E-state index in [4.69, 9.17) is 11.6 Å². The Morgan fingerprint density at radius 3 is 2.43 bits per heavy atom. The molecule has 0 spiro atoms. The highest BCUT2D eigenvalue weighted by Crippen LogP contribution is 2.11. The quantitative estimate of drug-likeness (QED) is 0.320. The lowest BCUT2D eigenvalue weighted by molar-refractivity contribution is 0.476. The van der Waals surface area contributed by atoms with Crippen molar-refractivity contribution in [2.45, 2.75) is 20.0 Å². The van der Waals surface area contributed by atoms with Crippen molar-refractivity contribution in [2.24, 2.45) is 4.99 Å². The summed E-state index contributed by atoms with van der Waals surface area (Å²) in [6.07, 6.45) is 5.55. The van der Waals surface area contributed by atoms with E-state index in [1.54, 1.807) is 13.2 Å². The van der Waals surface area contributed by atoms with E-state index in [9.17, 15) is 0 Å². The fourth-order valence-electron chi connectivity index (χ4n) is 2.79. The van der Waals surface area contributed by atoms with Crippen LogP contribution in [0.15, 0.2) is 60.0 Å². The molecule has 0 fully saturated rings. The molecule has 0 atom stereocenters. The molecule has 2 heterocycles. The lowest BCUT2D eigenvalue weighted by Crippen LogP contribution is -2.38. The van der Waals surface area contributed by atoms with E-state index >= 15 is 0 Å². The fourth-order valence-corrected chi connectivity index (χ4v) is 2.91. The second-order valence-electron chi connectivity index (χ2n) is 6.25. The minimum absolute atomic E-state index is 0. The molecular formula is C20H24ClIN6. The van der Waals surface area contributed by atoms with Gasteiger partial charge in [0.15, 0.2) is 5.96 Å². The maximum absolute atomic E-state index is 5.95. The van der Waals surface area contributed by atoms with E-state index in [1.165, 1.54) is 5.56 Å². The average Bonchev–Trinajstić information content (AvgIpc) is 3.10. The Kier molecular flexibility index (Phi) is 8.25. The third kappa shape index (κ3) is 5.68. The summed E-state index contributed by atoms with van der Waals surface area (Å²) in [5.41, 5.74) is 2.25. The highest BCUT2D eigenvalue weighted by molar-refractivity contribution is 14.0. The lowest BCUT2D eigenvalue weighted by atomic mass is 10.2. The van der Waals surface area contributed by atoms with Gasteiger partial charge in [-0.15, -0.1) is 24.0 Å². The minimum atomic E-state index is 0. The molecule has 0 saturated heterocycles. The molecule has 0 saturated carbocycles. The van der Waals surface area contributed by atoms with Crippen LogP contribution in [0, 0.1) is 6.92 Å². The van der Waals surface area contributed by atoms with Gasteiger partial charge in [-0.1, -0.05) is 29.8 Å². The molecule has 2 aromatic heterocycles. The fraction of sp³-hybridized carbons (Fsp3) is 0.250. The molecule has 6 nitrogen and oxygen atoms in total. The van der Waals surface area contributed by atoms with Crippen molar-refractivity contribution in [1.82, 2.24) is 24.8 Å². The van der Waals surface area contributed by atoms with Crippen LogP contribution in [0.3, 0.4) is 0 Å². The van der Waals surface area contributed by atoms with Crippen LogP contribution in [0.4, 0.5) is 0 Å². The van der Waals surface area contributed by atoms with Crippen molar-refractivity contribution >= 4 is 41.5 Å². The van der Waals surface area contributed by atoms with Gasteiger partial charge in [-0.25, -0.2) is 9.97 Å². The van der Waals surface area contributed by atoms with E-state index < -0.39 is 0 Å². The number of nitrogens with zero attached hydrogens (tertiary/aromatic N) is 5. The lowest BCUT2D eigenvalue weighted by Gasteiger charge is -2.22. The van der Waals surface area contributed by atoms with Gasteiger partial charge in [-0.05, 0) is 36.2 Å². The van der Waals surface area contributed by atoms with Crippen molar-refractivity contribution in [3.8, 4) is 5.82 Å². The Morgan fingerprint density at radius 1 is 1.14 bits per heavy atom. The number of hydrogen-bond donors (Lipinski definition) is 1. The highest BCUT2D eigenvalue weighted by atomic mass is 127. The van der Waals surface area contributed by atoms with Crippen LogP contribution in [0.5, 0.6) is 0 Å². The van der Waals surface area contributed by atoms with Crippen LogP contribution in [-0.4, -0.2) is 39.5 Å². The summed E-state index contributed by atoms with van der Waals surface area (Å²) in [7, 11) is 3.79. The van der Waals surface area contributed by atoms with E-state index in [0.29, 0.717) is 6.54 Å². The third-order valence-corrected chi connectivity index (χ3v) is 4.49. The first-order valence-corrected chi connectivity index (χ1v) is 9.06. The summed E-state index contributed by atoms with van der Waals surface area (Å²) in [6, 6.07) is 11.9. The van der Waals surface area contributed by atoms with Crippen LogP contribution in [0.1, 0.15) is 17.0 Å². The summed E-state index contributed by atoms with van der Waals surface area (Å²) in [5, 5.41) is 4.11. The molecule has 1 aromatic carbocycles. The molecule has 8 heteroatoms. The van der Waals surface area contributed by atoms with Gasteiger partial charge in [-0.2, -0.15) is 0 Å². The Hall–Kier alpha value is -2.13. The average molecular weight is 511 g/mol. The summed E-state index contributed by atoms with van der Waals surface area (Å²) in [5.74, 6) is 2.59. The molecule has 1 N–H and O–H groups in total. The molecule has 148 valence electrons. The number of aromatic nitrogens is 3. The van der Waals surface area contributed by atoms with Crippen LogP contribution < -0.4 is 5.32 Å². The summed E-state index contributed by atoms with van der Waals surface area (Å²) < 4.78 is 1.95. The second kappa shape index (κ2) is 10.4. The van der Waals surface area contributed by atoms with Crippen molar-refractivity contribution in [1.29, 1.82) is 0 Å². The first kappa shape index (κ1) is 22.2. The van der Waals surface area contributed by atoms with Crippen molar-refractivity contribution in [3.05, 3.63) is 77.0 Å². The van der Waals surface area contributed by atoms with Gasteiger partial charge in [0.2, 0.25) is 0 Å². The Labute approximate surface area is 187 Å². The molecule has 0 aliphatic carbocycles. The molecule has 3 rings (SSSR count). The monoisotopic (exact) mass is 510 g/mol. The maximum Gasteiger partial charge on any atom is 0.193 e. The number of benzene rings is 1. The Morgan fingerprint density at radius 2 is 1.86 bits per heavy atom. The number of hydrogen-bond acceptors (Lipinski definition) is 3. The smallest absolute Gasteiger partial charge is 0.193 e. The maximum atomic E-state index is 5.95. The molecule has 0 aliphatic rings. The molecule has 28 heavy (non-hydrogen) atoms. The molecular weight excluding hydrogens is 487 g/mol. The zero-order valence-corrected chi connectivity index (χ0v) is 19.2. The third-order valence-electron chi connectivity index (χ3n) is 4.24. The van der Waals surface area contributed by atoms with Crippen molar-refractivity contribution < 1.29 is 0 Å². The van der Waals surface area contributed by atoms with Gasteiger partial charge in [0.25, 0.3) is 0 Å². The van der Waals surface area contributed by atoms with Crippen LogP contribution in [-0.2, 0) is 13.1 Å². The SMILES string of the molecule is CN=C(NCc1ccc(-n2ccnc2C)nc1)N(C)Cc1ccc(Cl)cc1.I. The van der Waals surface area contributed by atoms with Gasteiger partial charge in [0.1, 0.15) is 11.6 Å². The van der Waals surface area contributed by atoms with Gasteiger partial charge in [0.05, 0.1) is 0 Å². The van der Waals surface area contributed by atoms with E-state index in [-0.39, 0.29) is 24.0 Å². The van der Waals surface area contributed by atoms with Crippen LogP contribution >= 0.6 is 35.6 Å². The highest BCUT2D eigenvalue weighted by Gasteiger charge is 2.07. The Balaban J connectivity index is 0.00000280. The predicted octanol–water partition coefficient (Wildman–Crippen LogP) is 4.05. The number of aryl methyl sites for hydroxylation is 1. The number of halogens is 2. The van der Waals surface area contributed by atoms with E-state index in [1.807, 2.05) is 61.3 Å². The Bertz CT molecular complexity index is 905. The van der Waals surface area contributed by atoms with Gasteiger partial charge < -0.3 is 10.2 Å². The topological polar surface area (TPSA) is 58.3 Å². The van der Waals surface area contributed by atoms with Gasteiger partial charge in [-0.3, -0.25) is 9.56 Å². The largest absolute Gasteiger partial charge is 0.352 e.